The Morgan fingerprint density at radius 1 is 1.21 bits per heavy atom. The molecule has 0 amide bonds. The minimum atomic E-state index is 0.574. The maximum absolute atomic E-state index is 3.55. The van der Waals surface area contributed by atoms with Crippen LogP contribution in [0, 0.1) is 13.8 Å². The van der Waals surface area contributed by atoms with Crippen molar-refractivity contribution in [2.24, 2.45) is 0 Å². The lowest BCUT2D eigenvalue weighted by molar-refractivity contribution is 0.713. The van der Waals surface area contributed by atoms with E-state index >= 15 is 0 Å². The van der Waals surface area contributed by atoms with Gasteiger partial charge in [0, 0.05) is 12.6 Å². The third-order valence-corrected chi connectivity index (χ3v) is 3.03. The minimum Gasteiger partial charge on any atom is -0.381 e. The van der Waals surface area contributed by atoms with Gasteiger partial charge in [-0.1, -0.05) is 6.92 Å². The van der Waals surface area contributed by atoms with Crippen molar-refractivity contribution >= 4 is 11.4 Å². The fourth-order valence-corrected chi connectivity index (χ4v) is 1.83. The second kappa shape index (κ2) is 3.52. The number of hydrogen-bond donors (Lipinski definition) is 2. The molecule has 2 rings (SSSR count). The maximum atomic E-state index is 3.55. The lowest BCUT2D eigenvalue weighted by Crippen LogP contribution is -2.32. The molecule has 1 aromatic rings. The Balaban J connectivity index is 2.33. The van der Waals surface area contributed by atoms with E-state index in [1.165, 1.54) is 28.9 Å². The quantitative estimate of drug-likeness (QED) is 0.711. The summed E-state index contributed by atoms with van der Waals surface area (Å²) in [5.74, 6) is 0. The van der Waals surface area contributed by atoms with Gasteiger partial charge in [-0.25, -0.2) is 0 Å². The zero-order valence-corrected chi connectivity index (χ0v) is 9.15. The Labute approximate surface area is 85.7 Å². The lowest BCUT2D eigenvalue weighted by Gasteiger charge is -2.28. The number of nitrogens with one attached hydrogen (secondary N) is 2. The lowest BCUT2D eigenvalue weighted by atomic mass is 10.0. The van der Waals surface area contributed by atoms with Gasteiger partial charge in [-0.15, -0.1) is 0 Å². The van der Waals surface area contributed by atoms with Gasteiger partial charge in [0.2, 0.25) is 0 Å². The van der Waals surface area contributed by atoms with E-state index in [0.717, 1.165) is 6.54 Å². The van der Waals surface area contributed by atoms with Crippen LogP contribution in [-0.4, -0.2) is 12.6 Å². The molecule has 1 aliphatic rings. The van der Waals surface area contributed by atoms with Crippen molar-refractivity contribution in [2.75, 3.05) is 17.2 Å². The highest BCUT2D eigenvalue weighted by atomic mass is 15.1. The molecule has 0 radical (unpaired) electrons. The Hall–Kier alpha value is -1.18. The molecule has 0 fully saturated rings. The molecule has 76 valence electrons. The summed E-state index contributed by atoms with van der Waals surface area (Å²) in [5, 5.41) is 7.02. The van der Waals surface area contributed by atoms with Crippen LogP contribution in [0.2, 0.25) is 0 Å². The molecule has 0 aromatic heterocycles. The molecule has 0 spiro atoms. The van der Waals surface area contributed by atoms with Crippen molar-refractivity contribution in [2.45, 2.75) is 33.2 Å². The Morgan fingerprint density at radius 3 is 2.50 bits per heavy atom. The predicted molar refractivity (Wildman–Crippen MR) is 62.1 cm³/mol. The average Bonchev–Trinajstić information content (AvgIpc) is 2.19. The largest absolute Gasteiger partial charge is 0.381 e. The molecule has 0 saturated heterocycles. The Bertz CT molecular complexity index is 344. The number of fused-ring (bicyclic) bond motifs is 1. The molecule has 14 heavy (non-hydrogen) atoms. The summed E-state index contributed by atoms with van der Waals surface area (Å²) < 4.78 is 0. The second-order valence-electron chi connectivity index (χ2n) is 4.11. The normalized spacial score (nSPS) is 19.5. The van der Waals surface area contributed by atoms with E-state index in [1.807, 2.05) is 0 Å². The molecule has 0 saturated carbocycles. The fourth-order valence-electron chi connectivity index (χ4n) is 1.83. The van der Waals surface area contributed by atoms with E-state index in [0.29, 0.717) is 6.04 Å². The molecule has 2 N–H and O–H groups in total. The Morgan fingerprint density at radius 2 is 1.86 bits per heavy atom. The zero-order valence-electron chi connectivity index (χ0n) is 9.15. The minimum absolute atomic E-state index is 0.574. The second-order valence-corrected chi connectivity index (χ2v) is 4.11. The molecule has 1 atom stereocenters. The topological polar surface area (TPSA) is 24.1 Å². The van der Waals surface area contributed by atoms with Crippen LogP contribution in [-0.2, 0) is 0 Å². The molecule has 1 aliphatic heterocycles. The van der Waals surface area contributed by atoms with Gasteiger partial charge in [-0.3, -0.25) is 0 Å². The van der Waals surface area contributed by atoms with Crippen LogP contribution in [0.25, 0.3) is 0 Å². The first-order chi connectivity index (χ1) is 6.70. The highest BCUT2D eigenvalue weighted by molar-refractivity contribution is 5.73. The number of hydrogen-bond acceptors (Lipinski definition) is 2. The van der Waals surface area contributed by atoms with Gasteiger partial charge in [0.05, 0.1) is 11.4 Å². The van der Waals surface area contributed by atoms with Crippen molar-refractivity contribution in [3.63, 3.8) is 0 Å². The summed E-state index contributed by atoms with van der Waals surface area (Å²) in [6.07, 6.45) is 1.17. The summed E-state index contributed by atoms with van der Waals surface area (Å²) >= 11 is 0. The third-order valence-electron chi connectivity index (χ3n) is 3.03. The van der Waals surface area contributed by atoms with E-state index in [2.05, 4.69) is 43.5 Å². The van der Waals surface area contributed by atoms with Crippen LogP contribution in [0.1, 0.15) is 24.5 Å². The number of anilines is 2. The molecule has 2 heteroatoms. The molecule has 0 aliphatic carbocycles. The van der Waals surface area contributed by atoms with Crippen LogP contribution in [0.3, 0.4) is 0 Å². The van der Waals surface area contributed by atoms with Gasteiger partial charge in [-0.2, -0.15) is 0 Å². The van der Waals surface area contributed by atoms with E-state index in [9.17, 15) is 0 Å². The van der Waals surface area contributed by atoms with Crippen LogP contribution < -0.4 is 10.6 Å². The van der Waals surface area contributed by atoms with Gasteiger partial charge in [0.25, 0.3) is 0 Å². The van der Waals surface area contributed by atoms with E-state index in [1.54, 1.807) is 0 Å². The molecule has 1 heterocycles. The van der Waals surface area contributed by atoms with Gasteiger partial charge in [0.1, 0.15) is 0 Å². The summed E-state index contributed by atoms with van der Waals surface area (Å²) in [5.41, 5.74) is 5.21. The maximum Gasteiger partial charge on any atom is 0.0581 e. The molecule has 2 nitrogen and oxygen atoms in total. The standard InChI is InChI=1S/C12H18N2/c1-4-10-7-13-11-5-8(2)9(3)6-12(11)14-10/h5-6,10,13-14H,4,7H2,1-3H3/t10-/m0/s1. The van der Waals surface area contributed by atoms with Gasteiger partial charge in [-0.05, 0) is 43.5 Å². The van der Waals surface area contributed by atoms with Crippen LogP contribution >= 0.6 is 0 Å². The van der Waals surface area contributed by atoms with Crippen LogP contribution in [0.15, 0.2) is 12.1 Å². The van der Waals surface area contributed by atoms with Crippen LogP contribution in [0.5, 0.6) is 0 Å². The molecular formula is C12H18N2. The first kappa shape index (κ1) is 9.38. The van der Waals surface area contributed by atoms with Crippen molar-refractivity contribution in [3.05, 3.63) is 23.3 Å². The SMILES string of the molecule is CC[C@H]1CNc2cc(C)c(C)cc2N1. The van der Waals surface area contributed by atoms with Crippen LogP contribution in [0.4, 0.5) is 11.4 Å². The molecule has 1 aromatic carbocycles. The van der Waals surface area contributed by atoms with E-state index < -0.39 is 0 Å². The predicted octanol–water partition coefficient (Wildman–Crippen LogP) is 2.92. The van der Waals surface area contributed by atoms with Gasteiger partial charge >= 0.3 is 0 Å². The monoisotopic (exact) mass is 190 g/mol. The highest BCUT2D eigenvalue weighted by Crippen LogP contribution is 2.29. The smallest absolute Gasteiger partial charge is 0.0581 e. The summed E-state index contributed by atoms with van der Waals surface area (Å²) in [6, 6.07) is 5.04. The first-order valence-corrected chi connectivity index (χ1v) is 5.32. The first-order valence-electron chi connectivity index (χ1n) is 5.32. The number of benzene rings is 1. The zero-order chi connectivity index (χ0) is 10.1. The number of aryl methyl sites for hydroxylation is 2. The third kappa shape index (κ3) is 1.57. The summed E-state index contributed by atoms with van der Waals surface area (Å²) in [6.45, 7) is 7.56. The fraction of sp³-hybridized carbons (Fsp3) is 0.500. The van der Waals surface area contributed by atoms with Crippen molar-refractivity contribution in [3.8, 4) is 0 Å². The van der Waals surface area contributed by atoms with Crippen molar-refractivity contribution < 1.29 is 0 Å². The summed E-state index contributed by atoms with van der Waals surface area (Å²) in [7, 11) is 0. The molecule has 0 bridgehead atoms. The number of rotatable bonds is 1. The molecular weight excluding hydrogens is 172 g/mol. The summed E-state index contributed by atoms with van der Waals surface area (Å²) in [4.78, 5) is 0. The molecule has 0 unspecified atom stereocenters. The average molecular weight is 190 g/mol. The Kier molecular flexibility index (Phi) is 2.36. The van der Waals surface area contributed by atoms with E-state index in [4.69, 9.17) is 0 Å². The van der Waals surface area contributed by atoms with Crippen molar-refractivity contribution in [1.82, 2.24) is 0 Å². The van der Waals surface area contributed by atoms with Crippen molar-refractivity contribution in [1.29, 1.82) is 0 Å². The van der Waals surface area contributed by atoms with Gasteiger partial charge in [0.15, 0.2) is 0 Å². The highest BCUT2D eigenvalue weighted by Gasteiger charge is 2.15. The van der Waals surface area contributed by atoms with E-state index in [-0.39, 0.29) is 0 Å². The van der Waals surface area contributed by atoms with Gasteiger partial charge < -0.3 is 10.6 Å².